The van der Waals surface area contributed by atoms with Crippen molar-refractivity contribution in [1.82, 2.24) is 4.98 Å². The van der Waals surface area contributed by atoms with Gasteiger partial charge in [0, 0.05) is 12.2 Å². The lowest BCUT2D eigenvalue weighted by Crippen LogP contribution is -2.37. The van der Waals surface area contributed by atoms with Gasteiger partial charge in [-0.3, -0.25) is 9.69 Å². The Morgan fingerprint density at radius 3 is 2.67 bits per heavy atom. The zero-order chi connectivity index (χ0) is 21.3. The van der Waals surface area contributed by atoms with E-state index in [1.165, 1.54) is 23.5 Å². The molecule has 2 aromatic carbocycles. The number of hydrogen-bond donors (Lipinski definition) is 0. The summed E-state index contributed by atoms with van der Waals surface area (Å²) in [6.07, 6.45) is 1.78. The van der Waals surface area contributed by atoms with E-state index in [0.29, 0.717) is 34.4 Å². The average molecular weight is 465 g/mol. The first-order valence-electron chi connectivity index (χ1n) is 9.70. The molecule has 0 radical (unpaired) electrons. The first kappa shape index (κ1) is 21.2. The number of rotatable bonds is 6. The summed E-state index contributed by atoms with van der Waals surface area (Å²) in [5, 5.41) is 1.08. The van der Waals surface area contributed by atoms with Gasteiger partial charge in [0.25, 0.3) is 5.91 Å². The molecule has 1 saturated heterocycles. The number of fused-ring (bicyclic) bond motifs is 1. The molecule has 0 bridgehead atoms. The molecule has 2 heterocycles. The van der Waals surface area contributed by atoms with Gasteiger partial charge in [0.05, 0.1) is 33.0 Å². The quantitative estimate of drug-likeness (QED) is 0.534. The van der Waals surface area contributed by atoms with E-state index in [0.717, 1.165) is 17.5 Å². The number of hydrogen-bond acceptors (Lipinski definition) is 6. The average Bonchev–Trinajstić information content (AvgIpc) is 3.42. The number of ether oxygens (including phenoxy) is 1. The van der Waals surface area contributed by atoms with Crippen molar-refractivity contribution in [3.05, 3.63) is 53.1 Å². The number of para-hydroxylation sites is 1. The molecule has 0 N–H and O–H groups in total. The molecule has 3 aromatic rings. The maximum atomic E-state index is 13.4. The molecule has 158 valence electrons. The summed E-state index contributed by atoms with van der Waals surface area (Å²) in [6, 6.07) is 11.6. The Morgan fingerprint density at radius 1 is 1.27 bits per heavy atom. The monoisotopic (exact) mass is 464 g/mol. The fourth-order valence-corrected chi connectivity index (χ4v) is 5.54. The summed E-state index contributed by atoms with van der Waals surface area (Å²) >= 11 is 7.67. The molecule has 0 saturated carbocycles. The van der Waals surface area contributed by atoms with E-state index in [-0.39, 0.29) is 22.7 Å². The second-order valence-corrected chi connectivity index (χ2v) is 10.8. The van der Waals surface area contributed by atoms with Crippen molar-refractivity contribution in [3.63, 3.8) is 0 Å². The highest BCUT2D eigenvalue weighted by Crippen LogP contribution is 2.34. The zero-order valence-corrected chi connectivity index (χ0v) is 18.8. The molecule has 1 amide bonds. The summed E-state index contributed by atoms with van der Waals surface area (Å²) in [5.74, 6) is -0.237. The molecule has 1 unspecified atom stereocenters. The number of benzene rings is 2. The standard InChI is InChI=1S/C21H21ClN2O4S2/c1-2-30(26,27)16-10-8-14(9-11-16)20(25)24(13-15-5-4-12-28-15)21-23-19-17(22)6-3-7-18(19)29-21/h3,6-11,15H,2,4-5,12-13H2,1H3. The molecule has 1 aliphatic heterocycles. The Labute approximate surface area is 184 Å². The van der Waals surface area contributed by atoms with Crippen molar-refractivity contribution >= 4 is 54.0 Å². The highest BCUT2D eigenvalue weighted by Gasteiger charge is 2.27. The van der Waals surface area contributed by atoms with Crippen LogP contribution in [0.4, 0.5) is 5.13 Å². The number of sulfone groups is 1. The normalized spacial score (nSPS) is 16.8. The van der Waals surface area contributed by atoms with Gasteiger partial charge in [-0.05, 0) is 49.2 Å². The summed E-state index contributed by atoms with van der Waals surface area (Å²) in [6.45, 7) is 2.66. The summed E-state index contributed by atoms with van der Waals surface area (Å²) in [7, 11) is -3.32. The lowest BCUT2D eigenvalue weighted by atomic mass is 10.2. The maximum absolute atomic E-state index is 13.4. The van der Waals surface area contributed by atoms with Gasteiger partial charge in [-0.25, -0.2) is 13.4 Å². The molecule has 1 aliphatic rings. The highest BCUT2D eigenvalue weighted by molar-refractivity contribution is 7.91. The van der Waals surface area contributed by atoms with Crippen molar-refractivity contribution in [1.29, 1.82) is 0 Å². The van der Waals surface area contributed by atoms with E-state index >= 15 is 0 Å². The maximum Gasteiger partial charge on any atom is 0.260 e. The lowest BCUT2D eigenvalue weighted by Gasteiger charge is -2.23. The minimum atomic E-state index is -3.32. The summed E-state index contributed by atoms with van der Waals surface area (Å²) in [5.41, 5.74) is 1.06. The van der Waals surface area contributed by atoms with Crippen LogP contribution in [-0.2, 0) is 14.6 Å². The van der Waals surface area contributed by atoms with Crippen molar-refractivity contribution in [3.8, 4) is 0 Å². The van der Waals surface area contributed by atoms with Gasteiger partial charge in [0.15, 0.2) is 15.0 Å². The van der Waals surface area contributed by atoms with Crippen molar-refractivity contribution < 1.29 is 17.9 Å². The van der Waals surface area contributed by atoms with Gasteiger partial charge in [0.2, 0.25) is 0 Å². The topological polar surface area (TPSA) is 76.6 Å². The van der Waals surface area contributed by atoms with Crippen molar-refractivity contribution in [2.24, 2.45) is 0 Å². The molecule has 9 heteroatoms. The van der Waals surface area contributed by atoms with E-state index < -0.39 is 9.84 Å². The fourth-order valence-electron chi connectivity index (χ4n) is 3.39. The van der Waals surface area contributed by atoms with Crippen LogP contribution in [0.5, 0.6) is 0 Å². The lowest BCUT2D eigenvalue weighted by molar-refractivity contribution is 0.0917. The van der Waals surface area contributed by atoms with E-state index in [1.807, 2.05) is 12.1 Å². The number of nitrogens with zero attached hydrogens (tertiary/aromatic N) is 2. The third-order valence-corrected chi connectivity index (χ3v) is 8.18. The Morgan fingerprint density at radius 2 is 2.03 bits per heavy atom. The summed E-state index contributed by atoms with van der Waals surface area (Å²) in [4.78, 5) is 19.8. The molecule has 1 fully saturated rings. The van der Waals surface area contributed by atoms with Gasteiger partial charge in [-0.2, -0.15) is 0 Å². The second kappa shape index (κ2) is 8.63. The Bertz CT molecular complexity index is 1170. The number of anilines is 1. The van der Waals surface area contributed by atoms with Crippen LogP contribution in [-0.4, -0.2) is 44.3 Å². The van der Waals surface area contributed by atoms with Crippen LogP contribution in [0.1, 0.15) is 30.1 Å². The largest absolute Gasteiger partial charge is 0.376 e. The van der Waals surface area contributed by atoms with Crippen LogP contribution in [0.2, 0.25) is 5.02 Å². The molecule has 0 aliphatic carbocycles. The number of thiazole rings is 1. The predicted octanol–water partition coefficient (Wildman–Crippen LogP) is 4.57. The number of carbonyl (C=O) groups is 1. The van der Waals surface area contributed by atoms with Crippen LogP contribution >= 0.6 is 22.9 Å². The first-order valence-corrected chi connectivity index (χ1v) is 12.5. The SMILES string of the molecule is CCS(=O)(=O)c1ccc(C(=O)N(CC2CCCO2)c2nc3c(Cl)cccc3s2)cc1. The predicted molar refractivity (Wildman–Crippen MR) is 119 cm³/mol. The van der Waals surface area contributed by atoms with Gasteiger partial charge in [0.1, 0.15) is 5.52 Å². The number of halogens is 1. The van der Waals surface area contributed by atoms with E-state index in [9.17, 15) is 13.2 Å². The zero-order valence-electron chi connectivity index (χ0n) is 16.4. The molecule has 1 atom stereocenters. The Balaban J connectivity index is 1.69. The van der Waals surface area contributed by atoms with Crippen molar-refractivity contribution in [2.45, 2.75) is 30.8 Å². The Hall–Kier alpha value is -2.00. The molecular weight excluding hydrogens is 444 g/mol. The fraction of sp³-hybridized carbons (Fsp3) is 0.333. The van der Waals surface area contributed by atoms with Crippen LogP contribution in [0.15, 0.2) is 47.4 Å². The first-order chi connectivity index (χ1) is 14.4. The summed E-state index contributed by atoms with van der Waals surface area (Å²) < 4.78 is 30.8. The molecule has 1 aromatic heterocycles. The van der Waals surface area contributed by atoms with Gasteiger partial charge in [-0.1, -0.05) is 35.9 Å². The number of carbonyl (C=O) groups excluding carboxylic acids is 1. The van der Waals surface area contributed by atoms with E-state index in [2.05, 4.69) is 4.98 Å². The minimum absolute atomic E-state index is 0.0118. The highest BCUT2D eigenvalue weighted by atomic mass is 35.5. The minimum Gasteiger partial charge on any atom is -0.376 e. The molecule has 6 nitrogen and oxygen atoms in total. The van der Waals surface area contributed by atoms with Gasteiger partial charge < -0.3 is 4.74 Å². The Kier molecular flexibility index (Phi) is 6.11. The smallest absolute Gasteiger partial charge is 0.260 e. The van der Waals surface area contributed by atoms with Crippen molar-refractivity contribution in [2.75, 3.05) is 23.8 Å². The van der Waals surface area contributed by atoms with Crippen LogP contribution < -0.4 is 4.90 Å². The number of aromatic nitrogens is 1. The second-order valence-electron chi connectivity index (χ2n) is 7.06. The molecule has 30 heavy (non-hydrogen) atoms. The van der Waals surface area contributed by atoms with E-state index in [1.54, 1.807) is 30.0 Å². The van der Waals surface area contributed by atoms with Gasteiger partial charge >= 0.3 is 0 Å². The van der Waals surface area contributed by atoms with Gasteiger partial charge in [-0.15, -0.1) is 0 Å². The van der Waals surface area contributed by atoms with Crippen LogP contribution in [0, 0.1) is 0 Å². The molecule has 0 spiro atoms. The van der Waals surface area contributed by atoms with Crippen LogP contribution in [0.25, 0.3) is 10.2 Å². The van der Waals surface area contributed by atoms with Crippen LogP contribution in [0.3, 0.4) is 0 Å². The number of amides is 1. The third-order valence-electron chi connectivity index (χ3n) is 5.09. The third kappa shape index (κ3) is 4.23. The van der Waals surface area contributed by atoms with E-state index in [4.69, 9.17) is 16.3 Å². The molecule has 4 rings (SSSR count). The molecular formula is C21H21ClN2O4S2.